The van der Waals surface area contributed by atoms with Crippen molar-refractivity contribution in [3.05, 3.63) is 42.6 Å². The fourth-order valence-corrected chi connectivity index (χ4v) is 2.40. The summed E-state index contributed by atoms with van der Waals surface area (Å²) in [6, 6.07) is 12.0. The summed E-state index contributed by atoms with van der Waals surface area (Å²) in [6.45, 7) is 1.67. The maximum Gasteiger partial charge on any atom is 0.231 e. The monoisotopic (exact) mass is 284 g/mol. The van der Waals surface area contributed by atoms with Gasteiger partial charge in [0, 0.05) is 32.1 Å². The molecule has 1 aliphatic heterocycles. The van der Waals surface area contributed by atoms with Gasteiger partial charge in [-0.1, -0.05) is 18.2 Å². The largest absolute Gasteiger partial charge is 0.376 e. The molecule has 1 N–H and O–H groups in total. The van der Waals surface area contributed by atoms with E-state index in [1.807, 2.05) is 48.3 Å². The van der Waals surface area contributed by atoms with E-state index in [9.17, 15) is 0 Å². The van der Waals surface area contributed by atoms with Crippen molar-refractivity contribution in [1.82, 2.24) is 9.97 Å². The van der Waals surface area contributed by atoms with Gasteiger partial charge in [-0.05, 0) is 31.0 Å². The van der Waals surface area contributed by atoms with E-state index in [-0.39, 0.29) is 0 Å². The highest BCUT2D eigenvalue weighted by atomic mass is 16.5. The van der Waals surface area contributed by atoms with Gasteiger partial charge in [0.25, 0.3) is 0 Å². The average Bonchev–Trinajstić information content (AvgIpc) is 3.07. The van der Waals surface area contributed by atoms with Crippen LogP contribution in [0.25, 0.3) is 0 Å². The Balaban J connectivity index is 1.67. The molecule has 0 spiro atoms. The Morgan fingerprint density at radius 3 is 2.90 bits per heavy atom. The molecular formula is C16H20N4O. The Labute approximate surface area is 125 Å². The molecule has 0 aliphatic carbocycles. The van der Waals surface area contributed by atoms with Gasteiger partial charge in [0.15, 0.2) is 0 Å². The molecule has 0 amide bonds. The standard InChI is InChI=1S/C16H20N4O/c1-20(13-6-3-2-4-7-13)16-17-10-9-15(19-16)18-12-14-8-5-11-21-14/h2-4,6-7,9-10,14H,5,8,11-12H2,1H3,(H,17,18,19). The number of nitrogens with zero attached hydrogens (tertiary/aromatic N) is 3. The van der Waals surface area contributed by atoms with E-state index in [1.165, 1.54) is 0 Å². The van der Waals surface area contributed by atoms with Crippen LogP contribution < -0.4 is 10.2 Å². The van der Waals surface area contributed by atoms with E-state index in [0.717, 1.165) is 37.5 Å². The number of ether oxygens (including phenoxy) is 1. The number of benzene rings is 1. The van der Waals surface area contributed by atoms with Crippen LogP contribution in [-0.4, -0.2) is 36.3 Å². The first kappa shape index (κ1) is 13.8. The van der Waals surface area contributed by atoms with Crippen LogP contribution in [0.1, 0.15) is 12.8 Å². The van der Waals surface area contributed by atoms with Crippen LogP contribution in [0.5, 0.6) is 0 Å². The molecule has 1 saturated heterocycles. The minimum absolute atomic E-state index is 0.301. The molecule has 21 heavy (non-hydrogen) atoms. The van der Waals surface area contributed by atoms with E-state index >= 15 is 0 Å². The van der Waals surface area contributed by atoms with Crippen LogP contribution in [-0.2, 0) is 4.74 Å². The molecule has 5 heteroatoms. The van der Waals surface area contributed by atoms with Crippen LogP contribution in [0.3, 0.4) is 0 Å². The molecule has 1 aromatic carbocycles. The zero-order valence-corrected chi connectivity index (χ0v) is 12.2. The quantitative estimate of drug-likeness (QED) is 0.915. The molecule has 1 aliphatic rings. The Morgan fingerprint density at radius 1 is 1.29 bits per heavy atom. The number of para-hydroxylation sites is 1. The van der Waals surface area contributed by atoms with Crippen LogP contribution in [0.2, 0.25) is 0 Å². The lowest BCUT2D eigenvalue weighted by atomic mass is 10.2. The molecule has 0 saturated carbocycles. The third-order valence-electron chi connectivity index (χ3n) is 3.62. The molecule has 1 aromatic heterocycles. The summed E-state index contributed by atoms with van der Waals surface area (Å²) in [5.41, 5.74) is 1.06. The minimum atomic E-state index is 0.301. The van der Waals surface area contributed by atoms with Gasteiger partial charge in [0.05, 0.1) is 6.10 Å². The van der Waals surface area contributed by atoms with Crippen molar-refractivity contribution in [2.45, 2.75) is 18.9 Å². The van der Waals surface area contributed by atoms with Crippen molar-refractivity contribution in [2.24, 2.45) is 0 Å². The first-order valence-electron chi connectivity index (χ1n) is 7.30. The highest BCUT2D eigenvalue weighted by molar-refractivity contribution is 5.57. The maximum absolute atomic E-state index is 5.61. The lowest BCUT2D eigenvalue weighted by Gasteiger charge is -2.18. The zero-order chi connectivity index (χ0) is 14.5. The molecule has 1 fully saturated rings. The molecule has 2 aromatic rings. The molecule has 5 nitrogen and oxygen atoms in total. The fraction of sp³-hybridized carbons (Fsp3) is 0.375. The maximum atomic E-state index is 5.61. The summed E-state index contributed by atoms with van der Waals surface area (Å²) in [4.78, 5) is 10.9. The molecule has 1 unspecified atom stereocenters. The van der Waals surface area contributed by atoms with E-state index in [0.29, 0.717) is 12.1 Å². The minimum Gasteiger partial charge on any atom is -0.376 e. The molecule has 3 rings (SSSR count). The van der Waals surface area contributed by atoms with Crippen LogP contribution in [0.4, 0.5) is 17.5 Å². The van der Waals surface area contributed by atoms with Gasteiger partial charge in [0.2, 0.25) is 5.95 Å². The highest BCUT2D eigenvalue weighted by Crippen LogP contribution is 2.20. The summed E-state index contributed by atoms with van der Waals surface area (Å²) >= 11 is 0. The van der Waals surface area contributed by atoms with Crippen molar-refractivity contribution in [3.63, 3.8) is 0 Å². The third-order valence-corrected chi connectivity index (χ3v) is 3.62. The lowest BCUT2D eigenvalue weighted by Crippen LogP contribution is -2.20. The zero-order valence-electron chi connectivity index (χ0n) is 12.2. The Hall–Kier alpha value is -2.14. The molecule has 2 heterocycles. The Kier molecular flexibility index (Phi) is 4.31. The summed E-state index contributed by atoms with van der Waals surface area (Å²) in [7, 11) is 1.97. The number of aromatic nitrogens is 2. The lowest BCUT2D eigenvalue weighted by molar-refractivity contribution is 0.120. The third kappa shape index (κ3) is 3.49. The Morgan fingerprint density at radius 2 is 2.14 bits per heavy atom. The van der Waals surface area contributed by atoms with Gasteiger partial charge in [0.1, 0.15) is 5.82 Å². The van der Waals surface area contributed by atoms with Gasteiger partial charge in [-0.15, -0.1) is 0 Å². The summed E-state index contributed by atoms with van der Waals surface area (Å²) in [6.07, 6.45) is 4.35. The van der Waals surface area contributed by atoms with E-state index in [4.69, 9.17) is 4.74 Å². The Bertz CT molecular complexity index is 569. The molecule has 1 atom stereocenters. The summed E-state index contributed by atoms with van der Waals surface area (Å²) in [5.74, 6) is 1.51. The summed E-state index contributed by atoms with van der Waals surface area (Å²) < 4.78 is 5.61. The number of hydrogen-bond acceptors (Lipinski definition) is 5. The predicted octanol–water partition coefficient (Wildman–Crippen LogP) is 2.84. The van der Waals surface area contributed by atoms with Crippen LogP contribution >= 0.6 is 0 Å². The second-order valence-corrected chi connectivity index (χ2v) is 5.15. The van der Waals surface area contributed by atoms with Crippen molar-refractivity contribution < 1.29 is 4.74 Å². The molecular weight excluding hydrogens is 264 g/mol. The van der Waals surface area contributed by atoms with Crippen molar-refractivity contribution in [2.75, 3.05) is 30.4 Å². The first-order chi connectivity index (χ1) is 10.3. The second-order valence-electron chi connectivity index (χ2n) is 5.15. The van der Waals surface area contributed by atoms with Gasteiger partial charge in [-0.3, -0.25) is 0 Å². The van der Waals surface area contributed by atoms with Gasteiger partial charge in [-0.2, -0.15) is 4.98 Å². The highest BCUT2D eigenvalue weighted by Gasteiger charge is 2.15. The summed E-state index contributed by atoms with van der Waals surface area (Å²) in [5, 5.41) is 3.33. The number of hydrogen-bond donors (Lipinski definition) is 1. The predicted molar refractivity (Wildman–Crippen MR) is 84.0 cm³/mol. The van der Waals surface area contributed by atoms with E-state index in [2.05, 4.69) is 15.3 Å². The van der Waals surface area contributed by atoms with Crippen molar-refractivity contribution >= 4 is 17.5 Å². The fourth-order valence-electron chi connectivity index (χ4n) is 2.40. The number of anilines is 3. The van der Waals surface area contributed by atoms with Gasteiger partial charge < -0.3 is 15.0 Å². The van der Waals surface area contributed by atoms with Gasteiger partial charge in [-0.25, -0.2) is 4.98 Å². The van der Waals surface area contributed by atoms with E-state index in [1.54, 1.807) is 6.20 Å². The SMILES string of the molecule is CN(c1ccccc1)c1nccc(NCC2CCCO2)n1. The normalized spacial score (nSPS) is 17.7. The molecule has 0 bridgehead atoms. The van der Waals surface area contributed by atoms with Crippen LogP contribution in [0, 0.1) is 0 Å². The number of rotatable bonds is 5. The second kappa shape index (κ2) is 6.54. The smallest absolute Gasteiger partial charge is 0.231 e. The van der Waals surface area contributed by atoms with Crippen molar-refractivity contribution in [1.29, 1.82) is 0 Å². The number of nitrogens with one attached hydrogen (secondary N) is 1. The molecule has 0 radical (unpaired) electrons. The molecule has 110 valence electrons. The van der Waals surface area contributed by atoms with Gasteiger partial charge >= 0.3 is 0 Å². The first-order valence-corrected chi connectivity index (χ1v) is 7.30. The van der Waals surface area contributed by atoms with Crippen LogP contribution in [0.15, 0.2) is 42.6 Å². The average molecular weight is 284 g/mol. The van der Waals surface area contributed by atoms with E-state index < -0.39 is 0 Å². The topological polar surface area (TPSA) is 50.3 Å². The van der Waals surface area contributed by atoms with Crippen molar-refractivity contribution in [3.8, 4) is 0 Å².